The summed E-state index contributed by atoms with van der Waals surface area (Å²) in [4.78, 5) is 0. The molecule has 1 aliphatic heterocycles. The van der Waals surface area contributed by atoms with Crippen LogP contribution >= 0.6 is 0 Å². The van der Waals surface area contributed by atoms with Crippen molar-refractivity contribution in [1.82, 2.24) is 10.6 Å². The van der Waals surface area contributed by atoms with Crippen molar-refractivity contribution in [1.29, 1.82) is 0 Å². The van der Waals surface area contributed by atoms with E-state index >= 15 is 0 Å². The predicted molar refractivity (Wildman–Crippen MR) is 65.0 cm³/mol. The van der Waals surface area contributed by atoms with E-state index in [9.17, 15) is 0 Å². The molecule has 2 atom stereocenters. The number of nitrogens with one attached hydrogen (secondary N) is 2. The predicted octanol–water partition coefficient (Wildman–Crippen LogP) is 2.15. The van der Waals surface area contributed by atoms with Gasteiger partial charge in [-0.15, -0.1) is 0 Å². The number of rotatable bonds is 3. The van der Waals surface area contributed by atoms with Crippen LogP contribution in [0, 0.1) is 11.8 Å². The quantitative estimate of drug-likeness (QED) is 0.746. The zero-order valence-electron chi connectivity index (χ0n) is 10.3. The van der Waals surface area contributed by atoms with Crippen LogP contribution in [-0.2, 0) is 0 Å². The molecule has 1 aliphatic carbocycles. The van der Waals surface area contributed by atoms with Crippen molar-refractivity contribution in [2.45, 2.75) is 51.5 Å². The van der Waals surface area contributed by atoms with Gasteiger partial charge in [-0.2, -0.15) is 0 Å². The molecular weight excluding hydrogens is 184 g/mol. The van der Waals surface area contributed by atoms with E-state index in [4.69, 9.17) is 0 Å². The molecule has 0 unspecified atom stereocenters. The molecule has 1 heterocycles. The molecular formula is C13H26N2. The molecule has 2 heteroatoms. The smallest absolute Gasteiger partial charge is 0.0153 e. The van der Waals surface area contributed by atoms with Crippen LogP contribution in [-0.4, -0.2) is 25.2 Å². The van der Waals surface area contributed by atoms with Gasteiger partial charge in [-0.05, 0) is 51.2 Å². The Hall–Kier alpha value is -0.0800. The highest BCUT2D eigenvalue weighted by molar-refractivity contribution is 4.89. The van der Waals surface area contributed by atoms with E-state index in [0.29, 0.717) is 5.54 Å². The first-order valence-electron chi connectivity index (χ1n) is 6.65. The summed E-state index contributed by atoms with van der Waals surface area (Å²) < 4.78 is 0. The highest BCUT2D eigenvalue weighted by atomic mass is 15.0. The Kier molecular flexibility index (Phi) is 3.68. The van der Waals surface area contributed by atoms with Gasteiger partial charge in [0.05, 0.1) is 0 Å². The van der Waals surface area contributed by atoms with E-state index in [1.54, 1.807) is 0 Å². The van der Waals surface area contributed by atoms with E-state index < -0.39 is 0 Å². The molecule has 2 fully saturated rings. The Morgan fingerprint density at radius 3 is 2.53 bits per heavy atom. The van der Waals surface area contributed by atoms with Crippen molar-refractivity contribution in [3.63, 3.8) is 0 Å². The normalized spacial score (nSPS) is 35.6. The minimum absolute atomic E-state index is 0.445. The summed E-state index contributed by atoms with van der Waals surface area (Å²) in [6.45, 7) is 8.42. The Labute approximate surface area is 94.2 Å². The minimum atomic E-state index is 0.445. The summed E-state index contributed by atoms with van der Waals surface area (Å²) in [6, 6.07) is 0. The van der Waals surface area contributed by atoms with Crippen molar-refractivity contribution in [2.75, 3.05) is 19.6 Å². The highest BCUT2D eigenvalue weighted by Gasteiger charge is 2.29. The van der Waals surface area contributed by atoms with Crippen molar-refractivity contribution in [3.8, 4) is 0 Å². The molecule has 15 heavy (non-hydrogen) atoms. The average molecular weight is 210 g/mol. The van der Waals surface area contributed by atoms with Gasteiger partial charge in [0.25, 0.3) is 0 Å². The molecule has 2 N–H and O–H groups in total. The Balaban J connectivity index is 1.76. The van der Waals surface area contributed by atoms with Crippen LogP contribution in [0.5, 0.6) is 0 Å². The van der Waals surface area contributed by atoms with Gasteiger partial charge in [0.15, 0.2) is 0 Å². The zero-order valence-corrected chi connectivity index (χ0v) is 10.3. The van der Waals surface area contributed by atoms with E-state index in [-0.39, 0.29) is 0 Å². The molecule has 1 saturated heterocycles. The van der Waals surface area contributed by atoms with E-state index in [0.717, 1.165) is 11.8 Å². The van der Waals surface area contributed by atoms with Crippen molar-refractivity contribution >= 4 is 0 Å². The lowest BCUT2D eigenvalue weighted by Gasteiger charge is -2.36. The fraction of sp³-hybridized carbons (Fsp3) is 1.00. The molecule has 0 spiro atoms. The van der Waals surface area contributed by atoms with Gasteiger partial charge in [-0.3, -0.25) is 0 Å². The first kappa shape index (κ1) is 11.4. The van der Waals surface area contributed by atoms with Crippen LogP contribution in [0.4, 0.5) is 0 Å². The largest absolute Gasteiger partial charge is 0.316 e. The van der Waals surface area contributed by atoms with Gasteiger partial charge >= 0.3 is 0 Å². The number of hydrogen-bond donors (Lipinski definition) is 2. The minimum Gasteiger partial charge on any atom is -0.316 e. The third-order valence-electron chi connectivity index (χ3n) is 4.43. The van der Waals surface area contributed by atoms with Gasteiger partial charge in [-0.1, -0.05) is 26.2 Å². The molecule has 0 aromatic heterocycles. The van der Waals surface area contributed by atoms with Crippen LogP contribution < -0.4 is 10.6 Å². The lowest BCUT2D eigenvalue weighted by Crippen LogP contribution is -2.46. The van der Waals surface area contributed by atoms with Gasteiger partial charge in [-0.25, -0.2) is 0 Å². The fourth-order valence-corrected chi connectivity index (χ4v) is 3.02. The van der Waals surface area contributed by atoms with E-state index in [1.165, 1.54) is 51.7 Å². The maximum absolute atomic E-state index is 3.83. The Morgan fingerprint density at radius 2 is 1.93 bits per heavy atom. The highest BCUT2D eigenvalue weighted by Crippen LogP contribution is 2.28. The van der Waals surface area contributed by atoms with Gasteiger partial charge < -0.3 is 10.6 Å². The zero-order chi connectivity index (χ0) is 10.7. The summed E-state index contributed by atoms with van der Waals surface area (Å²) in [5.41, 5.74) is 0.445. The van der Waals surface area contributed by atoms with Crippen LogP contribution in [0.25, 0.3) is 0 Å². The first-order valence-corrected chi connectivity index (χ1v) is 6.65. The molecule has 2 rings (SSSR count). The molecule has 0 amide bonds. The SMILES string of the molecule is C[C@@H]1CNC[C@H]1CNC1(C)CCCCC1. The maximum atomic E-state index is 3.83. The molecule has 2 aliphatic rings. The number of hydrogen-bond acceptors (Lipinski definition) is 2. The lowest BCUT2D eigenvalue weighted by atomic mass is 9.82. The van der Waals surface area contributed by atoms with Crippen molar-refractivity contribution in [3.05, 3.63) is 0 Å². The van der Waals surface area contributed by atoms with E-state index in [1.807, 2.05) is 0 Å². The summed E-state index contributed by atoms with van der Waals surface area (Å²) in [5, 5.41) is 7.31. The second-order valence-corrected chi connectivity index (χ2v) is 5.90. The first-order chi connectivity index (χ1) is 7.20. The Morgan fingerprint density at radius 1 is 1.20 bits per heavy atom. The maximum Gasteiger partial charge on any atom is 0.0153 e. The summed E-state index contributed by atoms with van der Waals surface area (Å²) in [7, 11) is 0. The molecule has 88 valence electrons. The standard InChI is InChI=1S/C13H26N2/c1-11-8-14-9-12(11)10-15-13(2)6-4-3-5-7-13/h11-12,14-15H,3-10H2,1-2H3/t11-,12+/m1/s1. The molecule has 0 bridgehead atoms. The summed E-state index contributed by atoms with van der Waals surface area (Å²) in [5.74, 6) is 1.70. The van der Waals surface area contributed by atoms with Crippen LogP contribution in [0.1, 0.15) is 46.0 Å². The van der Waals surface area contributed by atoms with Crippen LogP contribution in [0.2, 0.25) is 0 Å². The summed E-state index contributed by atoms with van der Waals surface area (Å²) >= 11 is 0. The molecule has 0 radical (unpaired) electrons. The molecule has 0 aromatic rings. The average Bonchev–Trinajstić information content (AvgIpc) is 2.62. The van der Waals surface area contributed by atoms with E-state index in [2.05, 4.69) is 24.5 Å². The molecule has 2 nitrogen and oxygen atoms in total. The van der Waals surface area contributed by atoms with Crippen LogP contribution in [0.15, 0.2) is 0 Å². The lowest BCUT2D eigenvalue weighted by molar-refractivity contribution is 0.235. The molecule has 0 aromatic carbocycles. The fourth-order valence-electron chi connectivity index (χ4n) is 3.02. The topological polar surface area (TPSA) is 24.1 Å². The van der Waals surface area contributed by atoms with Gasteiger partial charge in [0.1, 0.15) is 0 Å². The molecule has 1 saturated carbocycles. The monoisotopic (exact) mass is 210 g/mol. The third-order valence-corrected chi connectivity index (χ3v) is 4.43. The summed E-state index contributed by atoms with van der Waals surface area (Å²) in [6.07, 6.45) is 7.03. The second kappa shape index (κ2) is 4.84. The second-order valence-electron chi connectivity index (χ2n) is 5.90. The van der Waals surface area contributed by atoms with Gasteiger partial charge in [0.2, 0.25) is 0 Å². The third kappa shape index (κ3) is 2.94. The Bertz CT molecular complexity index is 197. The van der Waals surface area contributed by atoms with Gasteiger partial charge in [0, 0.05) is 5.54 Å². The van der Waals surface area contributed by atoms with Crippen LogP contribution in [0.3, 0.4) is 0 Å². The van der Waals surface area contributed by atoms with Crippen molar-refractivity contribution in [2.24, 2.45) is 11.8 Å². The van der Waals surface area contributed by atoms with Crippen molar-refractivity contribution < 1.29 is 0 Å².